The normalized spacial score (nSPS) is 10.9. The van der Waals surface area contributed by atoms with Gasteiger partial charge in [-0.25, -0.2) is 9.40 Å². The molecule has 0 saturated carbocycles. The molecule has 0 heterocycles. The monoisotopic (exact) mass is 235 g/mol. The molecule has 0 aromatic heterocycles. The second kappa shape index (κ2) is 4.93. The summed E-state index contributed by atoms with van der Waals surface area (Å²) in [5.41, 5.74) is 8.63. The first kappa shape index (κ1) is 12.4. The molecular formula is C9H12F3N3O. The molecule has 0 fully saturated rings. The third-order valence-corrected chi connectivity index (χ3v) is 1.66. The maximum absolute atomic E-state index is 13.1. The molecule has 0 spiro atoms. The van der Waals surface area contributed by atoms with Crippen molar-refractivity contribution in [2.45, 2.75) is 6.61 Å². The number of hydrazine groups is 1. The summed E-state index contributed by atoms with van der Waals surface area (Å²) in [5.74, 6) is -1.48. The molecular weight excluding hydrogens is 223 g/mol. The standard InChI is InChI=1S/C9H12F3N3O/c1-15(2)14-7-4-8(16-9(11)12)5(10)3-6(7)13/h3-4,9,14H,13H2,1-2H3. The third kappa shape index (κ3) is 3.20. The first-order valence-electron chi connectivity index (χ1n) is 4.38. The van der Waals surface area contributed by atoms with E-state index < -0.39 is 18.2 Å². The number of ether oxygens (including phenoxy) is 1. The molecule has 1 aromatic rings. The fourth-order valence-corrected chi connectivity index (χ4v) is 1.09. The molecule has 0 amide bonds. The smallest absolute Gasteiger partial charge is 0.387 e. The van der Waals surface area contributed by atoms with Gasteiger partial charge in [-0.15, -0.1) is 0 Å². The number of hydrogen-bond acceptors (Lipinski definition) is 4. The van der Waals surface area contributed by atoms with Crippen molar-refractivity contribution in [3.8, 4) is 5.75 Å². The second-order valence-electron chi connectivity index (χ2n) is 3.25. The summed E-state index contributed by atoms with van der Waals surface area (Å²) < 4.78 is 41.0. The molecule has 0 aliphatic heterocycles. The number of benzene rings is 1. The third-order valence-electron chi connectivity index (χ3n) is 1.66. The number of nitrogens with two attached hydrogens (primary N) is 1. The molecule has 1 aromatic carbocycles. The van der Waals surface area contributed by atoms with E-state index in [0.29, 0.717) is 5.69 Å². The van der Waals surface area contributed by atoms with E-state index in [2.05, 4.69) is 10.2 Å². The van der Waals surface area contributed by atoms with Crippen LogP contribution in [0, 0.1) is 5.82 Å². The fourth-order valence-electron chi connectivity index (χ4n) is 1.09. The predicted octanol–water partition coefficient (Wildman–Crippen LogP) is 1.90. The molecule has 0 unspecified atom stereocenters. The molecule has 3 N–H and O–H groups in total. The summed E-state index contributed by atoms with van der Waals surface area (Å²) in [7, 11) is 3.35. The van der Waals surface area contributed by atoms with Crippen LogP contribution in [-0.2, 0) is 0 Å². The van der Waals surface area contributed by atoms with Crippen molar-refractivity contribution in [2.75, 3.05) is 25.3 Å². The minimum Gasteiger partial charge on any atom is -0.432 e. The van der Waals surface area contributed by atoms with Gasteiger partial charge in [-0.1, -0.05) is 0 Å². The van der Waals surface area contributed by atoms with Crippen molar-refractivity contribution in [1.29, 1.82) is 0 Å². The van der Waals surface area contributed by atoms with Gasteiger partial charge < -0.3 is 15.9 Å². The first-order chi connectivity index (χ1) is 7.40. The summed E-state index contributed by atoms with van der Waals surface area (Å²) >= 11 is 0. The van der Waals surface area contributed by atoms with Gasteiger partial charge in [0.1, 0.15) is 0 Å². The summed E-state index contributed by atoms with van der Waals surface area (Å²) in [6.45, 7) is -3.08. The van der Waals surface area contributed by atoms with Gasteiger partial charge in [-0.2, -0.15) is 8.78 Å². The Morgan fingerprint density at radius 2 is 2.00 bits per heavy atom. The Morgan fingerprint density at radius 1 is 1.38 bits per heavy atom. The summed E-state index contributed by atoms with van der Waals surface area (Å²) in [6, 6.07) is 2.00. The highest BCUT2D eigenvalue weighted by atomic mass is 19.3. The van der Waals surface area contributed by atoms with E-state index in [0.717, 1.165) is 12.1 Å². The Morgan fingerprint density at radius 3 is 2.50 bits per heavy atom. The number of anilines is 2. The van der Waals surface area contributed by atoms with Gasteiger partial charge in [0.05, 0.1) is 11.4 Å². The number of rotatable bonds is 4. The molecule has 0 aliphatic carbocycles. The van der Waals surface area contributed by atoms with Gasteiger partial charge in [0, 0.05) is 26.2 Å². The van der Waals surface area contributed by atoms with Gasteiger partial charge in [0.2, 0.25) is 0 Å². The van der Waals surface area contributed by atoms with Crippen LogP contribution in [0.3, 0.4) is 0 Å². The molecule has 0 saturated heterocycles. The van der Waals surface area contributed by atoms with E-state index in [1.54, 1.807) is 14.1 Å². The molecule has 1 rings (SSSR count). The second-order valence-corrected chi connectivity index (χ2v) is 3.25. The Bertz CT molecular complexity index is 340. The fraction of sp³-hybridized carbons (Fsp3) is 0.333. The van der Waals surface area contributed by atoms with Crippen LogP contribution in [-0.4, -0.2) is 25.7 Å². The van der Waals surface area contributed by atoms with E-state index in [1.807, 2.05) is 0 Å². The van der Waals surface area contributed by atoms with Crippen LogP contribution in [0.15, 0.2) is 12.1 Å². The van der Waals surface area contributed by atoms with E-state index >= 15 is 0 Å². The van der Waals surface area contributed by atoms with Crippen LogP contribution < -0.4 is 15.9 Å². The highest BCUT2D eigenvalue weighted by molar-refractivity contribution is 5.68. The highest BCUT2D eigenvalue weighted by Crippen LogP contribution is 2.29. The average molecular weight is 235 g/mol. The zero-order valence-electron chi connectivity index (χ0n) is 8.80. The molecule has 0 atom stereocenters. The molecule has 0 bridgehead atoms. The lowest BCUT2D eigenvalue weighted by Crippen LogP contribution is -2.20. The lowest BCUT2D eigenvalue weighted by molar-refractivity contribution is -0.0521. The Hall–Kier alpha value is -1.63. The lowest BCUT2D eigenvalue weighted by Gasteiger charge is -2.16. The van der Waals surface area contributed by atoms with E-state index in [-0.39, 0.29) is 5.69 Å². The zero-order valence-corrected chi connectivity index (χ0v) is 8.80. The molecule has 4 nitrogen and oxygen atoms in total. The van der Waals surface area contributed by atoms with Crippen LogP contribution in [0.4, 0.5) is 24.5 Å². The minimum atomic E-state index is -3.08. The number of nitrogens with one attached hydrogen (secondary N) is 1. The summed E-state index contributed by atoms with van der Waals surface area (Å²) in [6.07, 6.45) is 0. The van der Waals surface area contributed by atoms with Gasteiger partial charge >= 0.3 is 6.61 Å². The molecule has 16 heavy (non-hydrogen) atoms. The van der Waals surface area contributed by atoms with Crippen molar-refractivity contribution < 1.29 is 17.9 Å². The molecule has 0 radical (unpaired) electrons. The number of nitrogens with zero attached hydrogens (tertiary/aromatic N) is 1. The van der Waals surface area contributed by atoms with Crippen LogP contribution in [0.25, 0.3) is 0 Å². The van der Waals surface area contributed by atoms with Crippen molar-refractivity contribution >= 4 is 11.4 Å². The van der Waals surface area contributed by atoms with Gasteiger partial charge in [-0.3, -0.25) is 0 Å². The SMILES string of the molecule is CN(C)Nc1cc(OC(F)F)c(F)cc1N. The molecule has 90 valence electrons. The van der Waals surface area contributed by atoms with Gasteiger partial charge in [0.15, 0.2) is 11.6 Å². The largest absolute Gasteiger partial charge is 0.432 e. The quantitative estimate of drug-likeness (QED) is 0.618. The average Bonchev–Trinajstić information content (AvgIpc) is 2.11. The van der Waals surface area contributed by atoms with Crippen molar-refractivity contribution in [3.63, 3.8) is 0 Å². The van der Waals surface area contributed by atoms with Crippen LogP contribution in [0.5, 0.6) is 5.75 Å². The van der Waals surface area contributed by atoms with E-state index in [1.165, 1.54) is 5.01 Å². The highest BCUT2D eigenvalue weighted by Gasteiger charge is 2.13. The molecule has 7 heteroatoms. The maximum atomic E-state index is 13.1. The van der Waals surface area contributed by atoms with Crippen LogP contribution >= 0.6 is 0 Å². The van der Waals surface area contributed by atoms with Crippen LogP contribution in [0.2, 0.25) is 0 Å². The number of alkyl halides is 2. The number of nitrogen functional groups attached to an aromatic ring is 1. The number of halogens is 3. The Balaban J connectivity index is 3.01. The minimum absolute atomic E-state index is 0.104. The maximum Gasteiger partial charge on any atom is 0.387 e. The van der Waals surface area contributed by atoms with Crippen LogP contribution in [0.1, 0.15) is 0 Å². The number of hydrogen-bond donors (Lipinski definition) is 2. The predicted molar refractivity (Wildman–Crippen MR) is 54.8 cm³/mol. The summed E-state index contributed by atoms with van der Waals surface area (Å²) in [4.78, 5) is 0. The van der Waals surface area contributed by atoms with Crippen molar-refractivity contribution in [1.82, 2.24) is 5.01 Å². The van der Waals surface area contributed by atoms with Crippen molar-refractivity contribution in [2.24, 2.45) is 0 Å². The van der Waals surface area contributed by atoms with Crippen molar-refractivity contribution in [3.05, 3.63) is 17.9 Å². The lowest BCUT2D eigenvalue weighted by atomic mass is 10.2. The van der Waals surface area contributed by atoms with E-state index in [4.69, 9.17) is 5.73 Å². The summed E-state index contributed by atoms with van der Waals surface area (Å²) in [5, 5.41) is 1.54. The van der Waals surface area contributed by atoms with Gasteiger partial charge in [-0.05, 0) is 0 Å². The molecule has 0 aliphatic rings. The zero-order chi connectivity index (χ0) is 12.3. The van der Waals surface area contributed by atoms with Gasteiger partial charge in [0.25, 0.3) is 0 Å². The van der Waals surface area contributed by atoms with E-state index in [9.17, 15) is 13.2 Å². The Labute approximate surface area is 90.8 Å². The first-order valence-corrected chi connectivity index (χ1v) is 4.38. The topological polar surface area (TPSA) is 50.5 Å². The Kier molecular flexibility index (Phi) is 3.83.